The van der Waals surface area contributed by atoms with E-state index in [-0.39, 0.29) is 0 Å². The second-order valence-corrected chi connectivity index (χ2v) is 16.7. The van der Waals surface area contributed by atoms with Gasteiger partial charge in [-0.15, -0.1) is 0 Å². The Bertz CT molecular complexity index is 3500. The van der Waals surface area contributed by atoms with Crippen LogP contribution in [0.4, 0.5) is 17.1 Å². The van der Waals surface area contributed by atoms with Gasteiger partial charge in [0.2, 0.25) is 0 Å². The van der Waals surface area contributed by atoms with Crippen molar-refractivity contribution >= 4 is 49.4 Å². The standard InChI is InChI=1S/C61H39N/c1-3-19-40(20-4-1)43-23-7-8-24-44(43)55-38-54-52-31-15-18-34-58(52)61(56-32-16-13-29-50(56)51-30-14-17-33-57(51)61)59(54)39-60(55)62(41-21-5-2-6-22-41)42-35-36-49-47-27-10-9-25-45(47)46-26-11-12-28-48(46)53(49)37-42/h1-39H. The summed E-state index contributed by atoms with van der Waals surface area (Å²) in [5.74, 6) is 0. The van der Waals surface area contributed by atoms with Crippen LogP contribution in [0.1, 0.15) is 22.3 Å². The molecule has 11 aromatic carbocycles. The third-order valence-corrected chi connectivity index (χ3v) is 13.7. The molecule has 0 saturated heterocycles. The SMILES string of the molecule is c1ccc(-c2ccccc2-c2cc3c(cc2N(c2ccccc2)c2ccc4c5ccccc5c5ccccc5c4c2)C2(c4ccccc4-c4ccccc42)c2ccccc2-3)cc1. The van der Waals surface area contributed by atoms with Crippen LogP contribution in [0.2, 0.25) is 0 Å². The molecule has 0 saturated carbocycles. The lowest BCUT2D eigenvalue weighted by atomic mass is 9.70. The minimum absolute atomic E-state index is 0.494. The zero-order valence-corrected chi connectivity index (χ0v) is 34.0. The van der Waals surface area contributed by atoms with E-state index in [2.05, 4.69) is 241 Å². The minimum atomic E-state index is -0.494. The van der Waals surface area contributed by atoms with Gasteiger partial charge < -0.3 is 4.90 Å². The van der Waals surface area contributed by atoms with Crippen molar-refractivity contribution in [1.82, 2.24) is 0 Å². The van der Waals surface area contributed by atoms with Gasteiger partial charge in [-0.25, -0.2) is 0 Å². The van der Waals surface area contributed by atoms with Crippen molar-refractivity contribution in [2.24, 2.45) is 0 Å². The molecule has 0 fully saturated rings. The minimum Gasteiger partial charge on any atom is -0.310 e. The van der Waals surface area contributed by atoms with Crippen LogP contribution in [0.25, 0.3) is 76.8 Å². The summed E-state index contributed by atoms with van der Waals surface area (Å²) in [6.45, 7) is 0. The first kappa shape index (κ1) is 34.8. The van der Waals surface area contributed by atoms with Crippen LogP contribution in [-0.4, -0.2) is 0 Å². The van der Waals surface area contributed by atoms with Crippen molar-refractivity contribution in [3.05, 3.63) is 259 Å². The number of hydrogen-bond acceptors (Lipinski definition) is 1. The van der Waals surface area contributed by atoms with Crippen molar-refractivity contribution in [3.8, 4) is 44.5 Å². The molecular formula is C61H39N. The highest BCUT2D eigenvalue weighted by Gasteiger charge is 2.52. The van der Waals surface area contributed by atoms with Gasteiger partial charge in [-0.3, -0.25) is 0 Å². The summed E-state index contributed by atoms with van der Waals surface area (Å²) >= 11 is 0. The molecule has 11 aromatic rings. The Balaban J connectivity index is 1.18. The molecule has 1 nitrogen and oxygen atoms in total. The van der Waals surface area contributed by atoms with Gasteiger partial charge in [-0.05, 0) is 130 Å². The van der Waals surface area contributed by atoms with E-state index in [1.165, 1.54) is 99.1 Å². The van der Waals surface area contributed by atoms with E-state index >= 15 is 0 Å². The third kappa shape index (κ3) is 4.85. The summed E-state index contributed by atoms with van der Waals surface area (Å²) in [6.07, 6.45) is 0. The molecule has 0 atom stereocenters. The van der Waals surface area contributed by atoms with Gasteiger partial charge in [0.05, 0.1) is 11.1 Å². The highest BCUT2D eigenvalue weighted by Crippen LogP contribution is 2.64. The summed E-state index contributed by atoms with van der Waals surface area (Å²) in [4.78, 5) is 2.52. The first-order valence-electron chi connectivity index (χ1n) is 21.6. The van der Waals surface area contributed by atoms with Crippen LogP contribution < -0.4 is 4.90 Å². The Labute approximate surface area is 361 Å². The first-order chi connectivity index (χ1) is 30.8. The van der Waals surface area contributed by atoms with Crippen LogP contribution in [0, 0.1) is 0 Å². The molecule has 0 heterocycles. The van der Waals surface area contributed by atoms with E-state index in [1.807, 2.05) is 0 Å². The molecule has 288 valence electrons. The zero-order valence-electron chi connectivity index (χ0n) is 34.0. The number of anilines is 3. The molecular weight excluding hydrogens is 747 g/mol. The fourth-order valence-corrected chi connectivity index (χ4v) is 11.2. The van der Waals surface area contributed by atoms with Gasteiger partial charge in [0.15, 0.2) is 0 Å². The van der Waals surface area contributed by atoms with Crippen LogP contribution >= 0.6 is 0 Å². The fraction of sp³-hybridized carbons (Fsp3) is 0.0164. The summed E-state index contributed by atoms with van der Waals surface area (Å²) in [7, 11) is 0. The number of fused-ring (bicyclic) bond motifs is 16. The average Bonchev–Trinajstić information content (AvgIpc) is 3.81. The lowest BCUT2D eigenvalue weighted by molar-refractivity contribution is 0.794. The zero-order chi connectivity index (χ0) is 40.8. The van der Waals surface area contributed by atoms with Crippen molar-refractivity contribution in [3.63, 3.8) is 0 Å². The fourth-order valence-electron chi connectivity index (χ4n) is 11.2. The molecule has 13 rings (SSSR count). The first-order valence-corrected chi connectivity index (χ1v) is 21.6. The maximum absolute atomic E-state index is 2.56. The number of hydrogen-bond donors (Lipinski definition) is 0. The van der Waals surface area contributed by atoms with Crippen molar-refractivity contribution < 1.29 is 0 Å². The molecule has 2 aliphatic carbocycles. The molecule has 62 heavy (non-hydrogen) atoms. The monoisotopic (exact) mass is 785 g/mol. The highest BCUT2D eigenvalue weighted by atomic mass is 15.1. The van der Waals surface area contributed by atoms with Gasteiger partial charge in [-0.1, -0.05) is 200 Å². The normalized spacial score (nSPS) is 13.0. The Morgan fingerprint density at radius 3 is 1.26 bits per heavy atom. The lowest BCUT2D eigenvalue weighted by Gasteiger charge is -2.33. The largest absolute Gasteiger partial charge is 0.310 e. The summed E-state index contributed by atoms with van der Waals surface area (Å²) in [5.41, 5.74) is 18.1. The van der Waals surface area contributed by atoms with Crippen LogP contribution in [0.15, 0.2) is 237 Å². The Hall–Kier alpha value is -8.00. The van der Waals surface area contributed by atoms with E-state index in [0.29, 0.717) is 0 Å². The smallest absolute Gasteiger partial charge is 0.0726 e. The third-order valence-electron chi connectivity index (χ3n) is 13.7. The van der Waals surface area contributed by atoms with Gasteiger partial charge in [0, 0.05) is 16.9 Å². The van der Waals surface area contributed by atoms with Crippen molar-refractivity contribution in [1.29, 1.82) is 0 Å². The quantitative estimate of drug-likeness (QED) is 0.157. The molecule has 0 aliphatic heterocycles. The molecule has 0 amide bonds. The molecule has 1 spiro atoms. The Kier molecular flexibility index (Phi) is 7.59. The molecule has 2 aliphatic rings. The Morgan fingerprint density at radius 1 is 0.242 bits per heavy atom. The van der Waals surface area contributed by atoms with E-state index in [9.17, 15) is 0 Å². The number of benzene rings is 11. The van der Waals surface area contributed by atoms with Crippen molar-refractivity contribution in [2.45, 2.75) is 5.41 Å². The lowest BCUT2D eigenvalue weighted by Crippen LogP contribution is -2.26. The van der Waals surface area contributed by atoms with Crippen molar-refractivity contribution in [2.75, 3.05) is 4.90 Å². The maximum atomic E-state index is 2.56. The number of nitrogens with zero attached hydrogens (tertiary/aromatic N) is 1. The topological polar surface area (TPSA) is 3.24 Å². The molecule has 1 heteroatoms. The molecule has 0 radical (unpaired) electrons. The van der Waals surface area contributed by atoms with Gasteiger partial charge >= 0.3 is 0 Å². The predicted molar refractivity (Wildman–Crippen MR) is 261 cm³/mol. The summed E-state index contributed by atoms with van der Waals surface area (Å²) < 4.78 is 0. The molecule has 0 aromatic heterocycles. The average molecular weight is 786 g/mol. The predicted octanol–water partition coefficient (Wildman–Crippen LogP) is 16.3. The summed E-state index contributed by atoms with van der Waals surface area (Å²) in [5, 5.41) is 7.58. The Morgan fingerprint density at radius 2 is 0.677 bits per heavy atom. The van der Waals surface area contributed by atoms with E-state index in [1.54, 1.807) is 0 Å². The highest BCUT2D eigenvalue weighted by molar-refractivity contribution is 6.26. The van der Waals surface area contributed by atoms with Gasteiger partial charge in [0.25, 0.3) is 0 Å². The number of para-hydroxylation sites is 1. The number of rotatable bonds is 5. The van der Waals surface area contributed by atoms with Gasteiger partial charge in [-0.2, -0.15) is 0 Å². The van der Waals surface area contributed by atoms with E-state index in [4.69, 9.17) is 0 Å². The second-order valence-electron chi connectivity index (χ2n) is 16.7. The molecule has 0 N–H and O–H groups in total. The van der Waals surface area contributed by atoms with Crippen LogP contribution in [0.3, 0.4) is 0 Å². The van der Waals surface area contributed by atoms with Crippen LogP contribution in [-0.2, 0) is 5.41 Å². The van der Waals surface area contributed by atoms with E-state index in [0.717, 1.165) is 17.1 Å². The summed E-state index contributed by atoms with van der Waals surface area (Å²) in [6, 6.07) is 88.0. The molecule has 0 bridgehead atoms. The maximum Gasteiger partial charge on any atom is 0.0726 e. The van der Waals surface area contributed by atoms with E-state index < -0.39 is 5.41 Å². The van der Waals surface area contributed by atoms with Gasteiger partial charge in [0.1, 0.15) is 0 Å². The van der Waals surface area contributed by atoms with Crippen LogP contribution in [0.5, 0.6) is 0 Å². The second kappa shape index (κ2) is 13.5. The molecule has 0 unspecified atom stereocenters.